The first-order chi connectivity index (χ1) is 13.2. The molecule has 6 nitrogen and oxygen atoms in total. The Morgan fingerprint density at radius 3 is 2.28 bits per heavy atom. The minimum Gasteiger partial charge on any atom is -0.267 e. The van der Waals surface area contributed by atoms with Gasteiger partial charge in [-0.2, -0.15) is 49.8 Å². The van der Waals surface area contributed by atoms with E-state index in [1.54, 1.807) is 0 Å². The van der Waals surface area contributed by atoms with Gasteiger partial charge in [0.1, 0.15) is 6.54 Å². The predicted molar refractivity (Wildman–Crippen MR) is 81.2 cm³/mol. The Bertz CT molecular complexity index is 1130. The number of hydrogen-bond donors (Lipinski definition) is 0. The fraction of sp³-hybridized carbons (Fsp3) is 0.333. The molecule has 3 aromatic heterocycles. The summed E-state index contributed by atoms with van der Waals surface area (Å²) in [5, 5.41) is 6.99. The van der Waals surface area contributed by atoms with Crippen molar-refractivity contribution in [3.8, 4) is 11.1 Å². The quantitative estimate of drug-likeness (QED) is 0.601. The molecule has 29 heavy (non-hydrogen) atoms. The molecule has 0 unspecified atom stereocenters. The van der Waals surface area contributed by atoms with E-state index in [0.717, 1.165) is 6.07 Å². The molecular weight excluding hydrogens is 418 g/mol. The van der Waals surface area contributed by atoms with Crippen molar-refractivity contribution in [2.24, 2.45) is 0 Å². The van der Waals surface area contributed by atoms with E-state index in [9.17, 15) is 39.9 Å². The van der Waals surface area contributed by atoms with Crippen molar-refractivity contribution in [3.63, 3.8) is 0 Å². The van der Waals surface area contributed by atoms with Crippen LogP contribution in [0.4, 0.5) is 35.1 Å². The molecule has 0 aliphatic heterocycles. The minimum atomic E-state index is -5.89. The van der Waals surface area contributed by atoms with Gasteiger partial charge in [0, 0.05) is 11.8 Å². The highest BCUT2D eigenvalue weighted by Crippen LogP contribution is 2.37. The Balaban J connectivity index is 2.19. The third kappa shape index (κ3) is 3.78. The van der Waals surface area contributed by atoms with Gasteiger partial charge in [-0.15, -0.1) is 0 Å². The van der Waals surface area contributed by atoms with Crippen LogP contribution in [-0.2, 0) is 12.7 Å². The molecule has 156 valence electrons. The lowest BCUT2D eigenvalue weighted by molar-refractivity contribution is -0.287. The zero-order valence-corrected chi connectivity index (χ0v) is 14.2. The van der Waals surface area contributed by atoms with E-state index in [2.05, 4.69) is 15.2 Å². The summed E-state index contributed by atoms with van der Waals surface area (Å²) in [6, 6.07) is 2.44. The fourth-order valence-corrected chi connectivity index (χ4v) is 2.46. The van der Waals surface area contributed by atoms with Crippen molar-refractivity contribution in [2.45, 2.75) is 31.7 Å². The molecule has 0 bridgehead atoms. The van der Waals surface area contributed by atoms with Crippen LogP contribution in [0.3, 0.4) is 0 Å². The van der Waals surface area contributed by atoms with E-state index in [4.69, 9.17) is 0 Å². The summed E-state index contributed by atoms with van der Waals surface area (Å²) in [4.78, 5) is 16.0. The van der Waals surface area contributed by atoms with E-state index in [1.807, 2.05) is 0 Å². The molecule has 0 amide bonds. The molecule has 0 saturated carbocycles. The third-order valence-corrected chi connectivity index (χ3v) is 3.78. The molecule has 0 radical (unpaired) electrons. The molecule has 0 aliphatic rings. The molecule has 0 aromatic carbocycles. The smallest absolute Gasteiger partial charge is 0.267 e. The molecule has 0 N–H and O–H groups in total. The number of halogens is 8. The van der Waals surface area contributed by atoms with Crippen LogP contribution in [0.15, 0.2) is 29.3 Å². The highest BCUT2D eigenvalue weighted by atomic mass is 19.4. The number of hydrogen-bond acceptors (Lipinski definition) is 4. The van der Waals surface area contributed by atoms with Crippen molar-refractivity contribution in [2.75, 3.05) is 0 Å². The Hall–Kier alpha value is -3.06. The van der Waals surface area contributed by atoms with Gasteiger partial charge in [0.15, 0.2) is 11.3 Å². The molecule has 3 heterocycles. The average Bonchev–Trinajstić information content (AvgIpc) is 3.00. The van der Waals surface area contributed by atoms with Gasteiger partial charge in [0.2, 0.25) is 0 Å². The number of aromatic nitrogens is 5. The summed E-state index contributed by atoms with van der Waals surface area (Å²) in [6.07, 6.45) is -9.95. The molecule has 3 rings (SSSR count). The molecular formula is C15H9F8N5O. The van der Waals surface area contributed by atoms with E-state index in [1.165, 1.54) is 13.0 Å². The van der Waals surface area contributed by atoms with Crippen LogP contribution in [0, 0.1) is 6.92 Å². The lowest BCUT2D eigenvalue weighted by Gasteiger charge is -2.19. The molecule has 0 aliphatic carbocycles. The van der Waals surface area contributed by atoms with E-state index < -0.39 is 52.8 Å². The zero-order chi connectivity index (χ0) is 21.8. The lowest BCUT2D eigenvalue weighted by atomic mass is 10.1. The van der Waals surface area contributed by atoms with Crippen molar-refractivity contribution >= 4 is 5.65 Å². The molecule has 0 spiro atoms. The van der Waals surface area contributed by atoms with Crippen LogP contribution in [-0.4, -0.2) is 36.5 Å². The van der Waals surface area contributed by atoms with Crippen LogP contribution >= 0.6 is 0 Å². The summed E-state index contributed by atoms with van der Waals surface area (Å²) < 4.78 is 104. The van der Waals surface area contributed by atoms with Crippen molar-refractivity contribution in [3.05, 3.63) is 46.3 Å². The van der Waals surface area contributed by atoms with E-state index >= 15 is 0 Å². The van der Waals surface area contributed by atoms with Gasteiger partial charge < -0.3 is 0 Å². The molecule has 0 fully saturated rings. The highest BCUT2D eigenvalue weighted by molar-refractivity contribution is 5.65. The minimum absolute atomic E-state index is 0.0982. The molecule has 0 atom stereocenters. The Morgan fingerprint density at radius 2 is 1.69 bits per heavy atom. The first kappa shape index (κ1) is 20.7. The normalized spacial score (nSPS) is 13.3. The van der Waals surface area contributed by atoms with Crippen molar-refractivity contribution in [1.82, 2.24) is 24.4 Å². The van der Waals surface area contributed by atoms with Crippen LogP contribution in [0.25, 0.3) is 16.8 Å². The van der Waals surface area contributed by atoms with Gasteiger partial charge in [0.25, 0.3) is 5.56 Å². The standard InChI is InChI=1S/C15H9F8N5O/c1-7-2-3-9-25-11(14(18,19)20)10(12(29)28(9)26-7)8-4-24-27(5-8)6-13(16,17)15(21,22)23/h2-5H,6H2,1H3. The van der Waals surface area contributed by atoms with Gasteiger partial charge in [0.05, 0.1) is 17.5 Å². The maximum Gasteiger partial charge on any atom is 0.455 e. The summed E-state index contributed by atoms with van der Waals surface area (Å²) in [5.74, 6) is -5.18. The summed E-state index contributed by atoms with van der Waals surface area (Å²) >= 11 is 0. The number of nitrogens with zero attached hydrogens (tertiary/aromatic N) is 5. The Kier molecular flexibility index (Phi) is 4.62. The zero-order valence-electron chi connectivity index (χ0n) is 14.2. The number of aryl methyl sites for hydroxylation is 1. The Labute approximate surface area is 155 Å². The van der Waals surface area contributed by atoms with Gasteiger partial charge in [-0.3, -0.25) is 9.48 Å². The van der Waals surface area contributed by atoms with Crippen LogP contribution in [0.1, 0.15) is 11.4 Å². The highest BCUT2D eigenvalue weighted by Gasteiger charge is 2.57. The van der Waals surface area contributed by atoms with Gasteiger partial charge >= 0.3 is 18.3 Å². The van der Waals surface area contributed by atoms with Crippen LogP contribution in [0.5, 0.6) is 0 Å². The van der Waals surface area contributed by atoms with Crippen LogP contribution < -0.4 is 5.56 Å². The predicted octanol–water partition coefficient (Wildman–Crippen LogP) is 3.48. The number of fused-ring (bicyclic) bond motifs is 1. The van der Waals surface area contributed by atoms with Gasteiger partial charge in [-0.25, -0.2) is 4.98 Å². The largest absolute Gasteiger partial charge is 0.455 e. The molecule has 0 saturated heterocycles. The molecule has 14 heteroatoms. The van der Waals surface area contributed by atoms with E-state index in [-0.39, 0.29) is 10.4 Å². The average molecular weight is 427 g/mol. The SMILES string of the molecule is Cc1ccc2nc(C(F)(F)F)c(-c3cnn(CC(F)(F)C(F)(F)F)c3)c(=O)n2n1. The topological polar surface area (TPSA) is 65.1 Å². The van der Waals surface area contributed by atoms with Gasteiger partial charge in [-0.1, -0.05) is 0 Å². The lowest BCUT2D eigenvalue weighted by Crippen LogP contribution is -2.40. The van der Waals surface area contributed by atoms with E-state index in [0.29, 0.717) is 16.9 Å². The second-order valence-corrected chi connectivity index (χ2v) is 6.01. The van der Waals surface area contributed by atoms with Gasteiger partial charge in [-0.05, 0) is 19.1 Å². The maximum atomic E-state index is 13.4. The second kappa shape index (κ2) is 6.49. The number of rotatable bonds is 3. The van der Waals surface area contributed by atoms with Crippen molar-refractivity contribution in [1.29, 1.82) is 0 Å². The summed E-state index contributed by atoms with van der Waals surface area (Å²) in [5.41, 5.74) is -4.79. The maximum absolute atomic E-state index is 13.4. The monoisotopic (exact) mass is 427 g/mol. The molecule has 3 aromatic rings. The first-order valence-corrected chi connectivity index (χ1v) is 7.66. The second-order valence-electron chi connectivity index (χ2n) is 6.01. The Morgan fingerprint density at radius 1 is 1.03 bits per heavy atom. The van der Waals surface area contributed by atoms with Crippen LogP contribution in [0.2, 0.25) is 0 Å². The summed E-state index contributed by atoms with van der Waals surface area (Å²) in [6.45, 7) is -0.516. The fourth-order valence-electron chi connectivity index (χ4n) is 2.46. The first-order valence-electron chi connectivity index (χ1n) is 7.66. The third-order valence-electron chi connectivity index (χ3n) is 3.78. The summed E-state index contributed by atoms with van der Waals surface area (Å²) in [7, 11) is 0. The van der Waals surface area contributed by atoms with Crippen molar-refractivity contribution < 1.29 is 35.1 Å². The number of alkyl halides is 8.